The zero-order valence-corrected chi connectivity index (χ0v) is 14.2. The van der Waals surface area contributed by atoms with Gasteiger partial charge in [0.15, 0.2) is 0 Å². The number of benzene rings is 1. The molecule has 8 nitrogen and oxygen atoms in total. The molecule has 0 aliphatic carbocycles. The van der Waals surface area contributed by atoms with Gasteiger partial charge in [0.2, 0.25) is 5.91 Å². The van der Waals surface area contributed by atoms with Crippen molar-refractivity contribution in [2.24, 2.45) is 0 Å². The van der Waals surface area contributed by atoms with Gasteiger partial charge in [0, 0.05) is 18.7 Å². The van der Waals surface area contributed by atoms with E-state index in [4.69, 9.17) is 5.11 Å². The summed E-state index contributed by atoms with van der Waals surface area (Å²) in [6.45, 7) is 2.89. The van der Waals surface area contributed by atoms with Crippen LogP contribution < -0.4 is 10.2 Å². The number of carboxylic acids is 1. The minimum absolute atomic E-state index is 0.0274. The summed E-state index contributed by atoms with van der Waals surface area (Å²) in [4.78, 5) is 49.6. The van der Waals surface area contributed by atoms with Crippen molar-refractivity contribution in [3.63, 3.8) is 0 Å². The lowest BCUT2D eigenvalue weighted by Gasteiger charge is -2.21. The van der Waals surface area contributed by atoms with E-state index in [0.29, 0.717) is 5.69 Å². The van der Waals surface area contributed by atoms with Crippen LogP contribution in [0.1, 0.15) is 26.7 Å². The summed E-state index contributed by atoms with van der Waals surface area (Å²) in [7, 11) is 0. The summed E-state index contributed by atoms with van der Waals surface area (Å²) in [6, 6.07) is 8.03. The Bertz CT molecular complexity index is 687. The fourth-order valence-corrected chi connectivity index (χ4v) is 2.61. The van der Waals surface area contributed by atoms with E-state index >= 15 is 0 Å². The van der Waals surface area contributed by atoms with Gasteiger partial charge in [-0.2, -0.15) is 0 Å². The zero-order chi connectivity index (χ0) is 18.6. The molecule has 1 aliphatic heterocycles. The normalized spacial score (nSPS) is 15.8. The first-order valence-corrected chi connectivity index (χ1v) is 7.93. The van der Waals surface area contributed by atoms with E-state index in [2.05, 4.69) is 5.32 Å². The highest BCUT2D eigenvalue weighted by atomic mass is 16.4. The maximum Gasteiger partial charge on any atom is 0.325 e. The van der Waals surface area contributed by atoms with Crippen LogP contribution in [0, 0.1) is 0 Å². The quantitative estimate of drug-likeness (QED) is 0.721. The fourth-order valence-electron chi connectivity index (χ4n) is 2.61. The second kappa shape index (κ2) is 7.33. The molecule has 0 radical (unpaired) electrons. The molecular weight excluding hydrogens is 326 g/mol. The van der Waals surface area contributed by atoms with E-state index in [0.717, 1.165) is 4.90 Å². The first kappa shape index (κ1) is 18.4. The van der Waals surface area contributed by atoms with Gasteiger partial charge in [-0.3, -0.25) is 19.3 Å². The molecule has 2 N–H and O–H groups in total. The van der Waals surface area contributed by atoms with Crippen molar-refractivity contribution in [1.82, 2.24) is 10.2 Å². The Morgan fingerprint density at radius 1 is 1.20 bits per heavy atom. The largest absolute Gasteiger partial charge is 0.480 e. The number of anilines is 1. The Hall–Kier alpha value is -2.90. The third-order valence-corrected chi connectivity index (χ3v) is 3.88. The number of carbonyl (C=O) groups is 4. The number of hydrogen-bond acceptors (Lipinski definition) is 4. The van der Waals surface area contributed by atoms with Gasteiger partial charge in [-0.1, -0.05) is 18.2 Å². The summed E-state index contributed by atoms with van der Waals surface area (Å²) in [5.41, 5.74) is -0.452. The minimum Gasteiger partial charge on any atom is -0.480 e. The van der Waals surface area contributed by atoms with Gasteiger partial charge in [-0.05, 0) is 32.4 Å². The number of urea groups is 1. The van der Waals surface area contributed by atoms with E-state index in [1.54, 1.807) is 44.2 Å². The lowest BCUT2D eigenvalue weighted by atomic mass is 10.1. The number of amides is 4. The van der Waals surface area contributed by atoms with Gasteiger partial charge in [0.25, 0.3) is 5.91 Å². The molecule has 0 aromatic heterocycles. The molecule has 1 aliphatic rings. The number of carboxylic acid groups (broad SMARTS) is 1. The molecule has 25 heavy (non-hydrogen) atoms. The van der Waals surface area contributed by atoms with E-state index < -0.39 is 24.1 Å². The number of para-hydroxylation sites is 1. The second-order valence-corrected chi connectivity index (χ2v) is 6.32. The van der Waals surface area contributed by atoms with Gasteiger partial charge >= 0.3 is 12.0 Å². The van der Waals surface area contributed by atoms with Crippen LogP contribution in [-0.2, 0) is 14.4 Å². The first-order chi connectivity index (χ1) is 11.7. The van der Waals surface area contributed by atoms with Crippen LogP contribution in [0.4, 0.5) is 10.5 Å². The van der Waals surface area contributed by atoms with Gasteiger partial charge in [0.1, 0.15) is 12.1 Å². The third kappa shape index (κ3) is 4.34. The zero-order valence-electron chi connectivity index (χ0n) is 14.2. The summed E-state index contributed by atoms with van der Waals surface area (Å²) in [6.07, 6.45) is 0.288. The first-order valence-electron chi connectivity index (χ1n) is 7.93. The van der Waals surface area contributed by atoms with Crippen molar-refractivity contribution in [3.8, 4) is 0 Å². The lowest BCUT2D eigenvalue weighted by molar-refractivity contribution is -0.136. The summed E-state index contributed by atoms with van der Waals surface area (Å²) in [5.74, 6) is -1.83. The molecule has 1 saturated heterocycles. The predicted octanol–water partition coefficient (Wildman–Crippen LogP) is 1.21. The Balaban J connectivity index is 1.97. The standard InChI is InChI=1S/C17H21N3O5/c1-17(2)15(24)19(16(25)18-17)10-6-9-13(21)20(11-14(22)23)12-7-4-3-5-8-12/h3-5,7-8H,6,9-11H2,1-2H3,(H,18,25)(H,22,23). The number of nitrogens with zero attached hydrogens (tertiary/aromatic N) is 2. The van der Waals surface area contributed by atoms with Crippen molar-refractivity contribution in [2.75, 3.05) is 18.0 Å². The molecule has 1 fully saturated rings. The molecule has 1 heterocycles. The molecule has 0 bridgehead atoms. The molecule has 8 heteroatoms. The summed E-state index contributed by atoms with van der Waals surface area (Å²) in [5, 5.41) is 11.6. The highest BCUT2D eigenvalue weighted by Gasteiger charge is 2.43. The smallest absolute Gasteiger partial charge is 0.325 e. The average Bonchev–Trinajstić information content (AvgIpc) is 2.74. The molecule has 0 unspecified atom stereocenters. The predicted molar refractivity (Wildman–Crippen MR) is 90.0 cm³/mol. The van der Waals surface area contributed by atoms with Gasteiger partial charge in [-0.25, -0.2) is 4.79 Å². The Morgan fingerprint density at radius 2 is 1.84 bits per heavy atom. The van der Waals surface area contributed by atoms with Crippen LogP contribution >= 0.6 is 0 Å². The van der Waals surface area contributed by atoms with E-state index in [1.807, 2.05) is 0 Å². The lowest BCUT2D eigenvalue weighted by Crippen LogP contribution is -2.40. The molecule has 0 atom stereocenters. The molecule has 4 amide bonds. The SMILES string of the molecule is CC1(C)NC(=O)N(CCCC(=O)N(CC(=O)O)c2ccccc2)C1=O. The van der Waals surface area contributed by atoms with Gasteiger partial charge in [0.05, 0.1) is 0 Å². The molecule has 2 rings (SSSR count). The van der Waals surface area contributed by atoms with Crippen LogP contribution in [-0.4, -0.2) is 52.4 Å². The number of hydrogen-bond donors (Lipinski definition) is 2. The van der Waals surface area contributed by atoms with Gasteiger partial charge < -0.3 is 15.3 Å². The number of rotatable bonds is 7. The molecule has 134 valence electrons. The Morgan fingerprint density at radius 3 is 2.36 bits per heavy atom. The van der Waals surface area contributed by atoms with Crippen LogP contribution in [0.3, 0.4) is 0 Å². The van der Waals surface area contributed by atoms with Crippen LogP contribution in [0.15, 0.2) is 30.3 Å². The third-order valence-electron chi connectivity index (χ3n) is 3.88. The molecule has 0 saturated carbocycles. The van der Waals surface area contributed by atoms with E-state index in [9.17, 15) is 19.2 Å². The minimum atomic E-state index is -1.12. The highest BCUT2D eigenvalue weighted by molar-refractivity contribution is 6.06. The number of imide groups is 1. The number of aliphatic carboxylic acids is 1. The average molecular weight is 347 g/mol. The molecule has 1 aromatic carbocycles. The topological polar surface area (TPSA) is 107 Å². The Labute approximate surface area is 145 Å². The van der Waals surface area contributed by atoms with Crippen molar-refractivity contribution in [1.29, 1.82) is 0 Å². The molecule has 0 spiro atoms. The van der Waals surface area contributed by atoms with Crippen molar-refractivity contribution in [2.45, 2.75) is 32.2 Å². The Kier molecular flexibility index (Phi) is 5.41. The van der Waals surface area contributed by atoms with E-state index in [-0.39, 0.29) is 31.2 Å². The van der Waals surface area contributed by atoms with Crippen LogP contribution in [0.5, 0.6) is 0 Å². The highest BCUT2D eigenvalue weighted by Crippen LogP contribution is 2.18. The number of nitrogens with one attached hydrogen (secondary N) is 1. The van der Waals surface area contributed by atoms with E-state index in [1.165, 1.54) is 4.90 Å². The van der Waals surface area contributed by atoms with Crippen molar-refractivity contribution >= 4 is 29.5 Å². The monoisotopic (exact) mass is 347 g/mol. The maximum atomic E-state index is 12.4. The second-order valence-electron chi connectivity index (χ2n) is 6.32. The van der Waals surface area contributed by atoms with Crippen molar-refractivity contribution in [3.05, 3.63) is 30.3 Å². The van der Waals surface area contributed by atoms with Crippen LogP contribution in [0.25, 0.3) is 0 Å². The molecule has 1 aromatic rings. The maximum absolute atomic E-state index is 12.4. The molecular formula is C17H21N3O5. The summed E-state index contributed by atoms with van der Waals surface area (Å²) < 4.78 is 0. The summed E-state index contributed by atoms with van der Waals surface area (Å²) >= 11 is 0. The number of carbonyl (C=O) groups excluding carboxylic acids is 3. The fraction of sp³-hybridized carbons (Fsp3) is 0.412. The van der Waals surface area contributed by atoms with Crippen molar-refractivity contribution < 1.29 is 24.3 Å². The van der Waals surface area contributed by atoms with Crippen LogP contribution in [0.2, 0.25) is 0 Å². The van der Waals surface area contributed by atoms with Gasteiger partial charge in [-0.15, -0.1) is 0 Å².